The van der Waals surface area contributed by atoms with Crippen molar-refractivity contribution in [2.45, 2.75) is 65.7 Å². The maximum atomic E-state index is 13.4. The van der Waals surface area contributed by atoms with E-state index in [1.165, 1.54) is 10.4 Å². The average Bonchev–Trinajstić information content (AvgIpc) is 2.76. The van der Waals surface area contributed by atoms with Crippen LogP contribution in [0.3, 0.4) is 0 Å². The maximum absolute atomic E-state index is 13.4. The van der Waals surface area contributed by atoms with E-state index in [1.807, 2.05) is 18.2 Å². The standard InChI is InChI=1S/C23H32O2Si2/c1-23(2,3)25-18-14-17-15-12-10-11-13-16(15)20(24)19(17)22(27(7,8)9)21(18)26(4,5)6/h10-14H,1-9H3. The molecule has 2 nitrogen and oxygen atoms in total. The molecule has 0 radical (unpaired) electrons. The fraction of sp³-hybridized carbons (Fsp3) is 0.435. The van der Waals surface area contributed by atoms with Gasteiger partial charge in [0.2, 0.25) is 0 Å². The van der Waals surface area contributed by atoms with Gasteiger partial charge in [0.1, 0.15) is 11.4 Å². The van der Waals surface area contributed by atoms with Gasteiger partial charge in [-0.2, -0.15) is 0 Å². The van der Waals surface area contributed by atoms with Crippen LogP contribution in [0.4, 0.5) is 0 Å². The Hall–Kier alpha value is -1.66. The Balaban J connectivity index is 2.48. The highest BCUT2D eigenvalue weighted by Crippen LogP contribution is 2.39. The lowest BCUT2D eigenvalue weighted by Crippen LogP contribution is -2.59. The van der Waals surface area contributed by atoms with Crippen molar-refractivity contribution in [2.24, 2.45) is 0 Å². The van der Waals surface area contributed by atoms with Gasteiger partial charge in [-0.3, -0.25) is 4.79 Å². The number of fused-ring (bicyclic) bond motifs is 3. The summed E-state index contributed by atoms with van der Waals surface area (Å²) in [5.41, 5.74) is 3.63. The van der Waals surface area contributed by atoms with Crippen molar-refractivity contribution < 1.29 is 9.53 Å². The highest BCUT2D eigenvalue weighted by Gasteiger charge is 2.40. The summed E-state index contributed by atoms with van der Waals surface area (Å²) in [5, 5.41) is 2.66. The van der Waals surface area contributed by atoms with Crippen molar-refractivity contribution in [3.8, 4) is 16.9 Å². The van der Waals surface area contributed by atoms with Gasteiger partial charge in [0.15, 0.2) is 5.78 Å². The minimum atomic E-state index is -1.80. The third kappa shape index (κ3) is 3.57. The summed E-state index contributed by atoms with van der Waals surface area (Å²) in [7, 11) is -3.55. The molecule has 0 aromatic heterocycles. The Morgan fingerprint density at radius 2 is 1.30 bits per heavy atom. The van der Waals surface area contributed by atoms with Gasteiger partial charge in [0, 0.05) is 11.1 Å². The number of hydrogen-bond donors (Lipinski definition) is 0. The van der Waals surface area contributed by atoms with Crippen LogP contribution in [0.1, 0.15) is 36.7 Å². The van der Waals surface area contributed by atoms with Crippen LogP contribution in [0.25, 0.3) is 11.1 Å². The van der Waals surface area contributed by atoms with Crippen LogP contribution >= 0.6 is 0 Å². The second-order valence-electron chi connectivity index (χ2n) is 10.6. The molecule has 1 aliphatic carbocycles. The zero-order valence-corrected chi connectivity index (χ0v) is 20.2. The monoisotopic (exact) mass is 396 g/mol. The molecule has 0 aliphatic heterocycles. The van der Waals surface area contributed by atoms with Crippen LogP contribution in [0.5, 0.6) is 5.75 Å². The molecular formula is C23H32O2Si2. The zero-order chi connectivity index (χ0) is 20.4. The first-order chi connectivity index (χ1) is 12.2. The molecule has 0 saturated heterocycles. The predicted molar refractivity (Wildman–Crippen MR) is 122 cm³/mol. The van der Waals surface area contributed by atoms with E-state index in [0.717, 1.165) is 28.0 Å². The molecule has 4 heteroatoms. The number of hydrogen-bond acceptors (Lipinski definition) is 2. The lowest BCUT2D eigenvalue weighted by molar-refractivity contribution is 0.104. The average molecular weight is 397 g/mol. The van der Waals surface area contributed by atoms with Gasteiger partial charge in [-0.15, -0.1) is 0 Å². The van der Waals surface area contributed by atoms with E-state index in [9.17, 15) is 4.79 Å². The molecule has 144 valence electrons. The Bertz CT molecular complexity index is 923. The zero-order valence-electron chi connectivity index (χ0n) is 18.2. The Morgan fingerprint density at radius 1 is 0.778 bits per heavy atom. The van der Waals surface area contributed by atoms with Gasteiger partial charge >= 0.3 is 0 Å². The van der Waals surface area contributed by atoms with Crippen LogP contribution in [0.15, 0.2) is 30.3 Å². The summed E-state index contributed by atoms with van der Waals surface area (Å²) in [5.74, 6) is 1.18. The van der Waals surface area contributed by atoms with E-state index >= 15 is 0 Å². The molecule has 2 aromatic rings. The molecule has 0 heterocycles. The maximum Gasteiger partial charge on any atom is 0.194 e. The van der Waals surface area contributed by atoms with Gasteiger partial charge in [0.25, 0.3) is 0 Å². The Kier molecular flexibility index (Phi) is 4.60. The van der Waals surface area contributed by atoms with E-state index in [0.29, 0.717) is 0 Å². The van der Waals surface area contributed by atoms with Gasteiger partial charge in [-0.05, 0) is 48.3 Å². The normalized spacial score (nSPS) is 14.2. The van der Waals surface area contributed by atoms with E-state index in [-0.39, 0.29) is 11.4 Å². The molecule has 0 bridgehead atoms. The molecule has 0 atom stereocenters. The van der Waals surface area contributed by atoms with Crippen molar-refractivity contribution >= 4 is 32.3 Å². The quantitative estimate of drug-likeness (QED) is 0.571. The summed E-state index contributed by atoms with van der Waals surface area (Å²) in [4.78, 5) is 13.4. The predicted octanol–water partition coefficient (Wildman–Crippen LogP) is 5.17. The van der Waals surface area contributed by atoms with Crippen LogP contribution < -0.4 is 15.1 Å². The number of carbonyl (C=O) groups is 1. The summed E-state index contributed by atoms with van der Waals surface area (Å²) in [6.07, 6.45) is 0. The first kappa shape index (κ1) is 20.1. The second kappa shape index (κ2) is 6.18. The number of ether oxygens (including phenoxy) is 1. The largest absolute Gasteiger partial charge is 0.488 e. The molecule has 1 aliphatic rings. The highest BCUT2D eigenvalue weighted by atomic mass is 28.3. The molecule has 0 spiro atoms. The first-order valence-electron chi connectivity index (χ1n) is 9.77. The van der Waals surface area contributed by atoms with Crippen molar-refractivity contribution in [3.63, 3.8) is 0 Å². The smallest absolute Gasteiger partial charge is 0.194 e. The molecule has 3 rings (SSSR count). The fourth-order valence-corrected chi connectivity index (χ4v) is 9.92. The SMILES string of the molecule is CC(C)(C)Oc1cc2c(c([Si](C)(C)C)c1[Si](C)(C)C)C(=O)c1ccccc1-2. The van der Waals surface area contributed by atoms with Gasteiger partial charge < -0.3 is 4.74 Å². The van der Waals surface area contributed by atoms with Crippen molar-refractivity contribution in [2.75, 3.05) is 0 Å². The van der Waals surface area contributed by atoms with Gasteiger partial charge in [-0.25, -0.2) is 0 Å². The minimum absolute atomic E-state index is 0.194. The molecule has 0 saturated carbocycles. The Morgan fingerprint density at radius 3 is 1.78 bits per heavy atom. The third-order valence-corrected chi connectivity index (χ3v) is 9.14. The van der Waals surface area contributed by atoms with Crippen LogP contribution in [-0.4, -0.2) is 27.5 Å². The lowest BCUT2D eigenvalue weighted by atomic mass is 10.1. The van der Waals surface area contributed by atoms with E-state index in [4.69, 9.17) is 4.74 Å². The highest BCUT2D eigenvalue weighted by molar-refractivity contribution is 6.99. The molecule has 27 heavy (non-hydrogen) atoms. The summed E-state index contributed by atoms with van der Waals surface area (Å²) in [6, 6.07) is 10.2. The number of carbonyl (C=O) groups excluding carboxylic acids is 1. The van der Waals surface area contributed by atoms with Crippen LogP contribution in [-0.2, 0) is 0 Å². The molecule has 0 N–H and O–H groups in total. The van der Waals surface area contributed by atoms with Gasteiger partial charge in [0.05, 0.1) is 16.1 Å². The van der Waals surface area contributed by atoms with Gasteiger partial charge in [-0.1, -0.05) is 63.5 Å². The lowest BCUT2D eigenvalue weighted by Gasteiger charge is -2.34. The van der Waals surface area contributed by atoms with E-state index in [1.54, 1.807) is 0 Å². The summed E-state index contributed by atoms with van der Waals surface area (Å²) in [6.45, 7) is 20.4. The van der Waals surface area contributed by atoms with Crippen molar-refractivity contribution in [1.29, 1.82) is 0 Å². The second-order valence-corrected chi connectivity index (χ2v) is 20.6. The topological polar surface area (TPSA) is 26.3 Å². The van der Waals surface area contributed by atoms with Crippen molar-refractivity contribution in [3.05, 3.63) is 41.5 Å². The number of benzene rings is 2. The fourth-order valence-electron chi connectivity index (χ4n) is 4.06. The molecular weight excluding hydrogens is 364 g/mol. The molecule has 0 unspecified atom stereocenters. The van der Waals surface area contributed by atoms with Crippen molar-refractivity contribution in [1.82, 2.24) is 0 Å². The summed E-state index contributed by atoms with van der Waals surface area (Å²) < 4.78 is 6.52. The molecule has 2 aromatic carbocycles. The van der Waals surface area contributed by atoms with E-state index < -0.39 is 16.1 Å². The Labute approximate surface area is 166 Å². The summed E-state index contributed by atoms with van der Waals surface area (Å²) >= 11 is 0. The molecule has 0 amide bonds. The third-order valence-electron chi connectivity index (χ3n) is 4.90. The molecule has 0 fully saturated rings. The number of ketones is 1. The minimum Gasteiger partial charge on any atom is -0.488 e. The van der Waals surface area contributed by atoms with Crippen LogP contribution in [0.2, 0.25) is 39.3 Å². The van der Waals surface area contributed by atoms with E-state index in [2.05, 4.69) is 72.2 Å². The number of rotatable bonds is 3. The van der Waals surface area contributed by atoms with Crippen LogP contribution in [0, 0.1) is 0 Å². The first-order valence-corrected chi connectivity index (χ1v) is 16.8.